The molecular formula is C14H19NO2S. The highest BCUT2D eigenvalue weighted by Gasteiger charge is 2.24. The van der Waals surface area contributed by atoms with Crippen molar-refractivity contribution < 1.29 is 8.42 Å². The minimum Gasteiger partial charge on any atom is -0.303 e. The minimum absolute atomic E-state index is 0.0632. The van der Waals surface area contributed by atoms with Gasteiger partial charge in [-0.25, -0.2) is 8.42 Å². The van der Waals surface area contributed by atoms with Crippen LogP contribution < -0.4 is 5.32 Å². The first-order chi connectivity index (χ1) is 8.61. The van der Waals surface area contributed by atoms with E-state index >= 15 is 0 Å². The summed E-state index contributed by atoms with van der Waals surface area (Å²) in [5.74, 6) is 0.181. The van der Waals surface area contributed by atoms with E-state index in [1.807, 2.05) is 18.2 Å². The predicted octanol–water partition coefficient (Wildman–Crippen LogP) is 2.43. The smallest absolute Gasteiger partial charge is 0.173 e. The SMILES string of the molecule is CCCC(NC1C=CS(=O)(=O)C1)c1ccccc1. The molecule has 0 spiro atoms. The Labute approximate surface area is 109 Å². The van der Waals surface area contributed by atoms with Crippen molar-refractivity contribution in [2.24, 2.45) is 0 Å². The van der Waals surface area contributed by atoms with Gasteiger partial charge in [0.2, 0.25) is 0 Å². The highest BCUT2D eigenvalue weighted by atomic mass is 32.2. The van der Waals surface area contributed by atoms with Crippen molar-refractivity contribution in [1.29, 1.82) is 0 Å². The zero-order valence-corrected chi connectivity index (χ0v) is 11.4. The Morgan fingerprint density at radius 2 is 2.06 bits per heavy atom. The Morgan fingerprint density at radius 3 is 2.61 bits per heavy atom. The Bertz CT molecular complexity index is 508. The van der Waals surface area contributed by atoms with Gasteiger partial charge in [0, 0.05) is 17.5 Å². The second kappa shape index (κ2) is 5.67. The third kappa shape index (κ3) is 3.43. The Hall–Kier alpha value is -1.13. The number of hydrogen-bond acceptors (Lipinski definition) is 3. The van der Waals surface area contributed by atoms with Gasteiger partial charge in [0.1, 0.15) is 0 Å². The van der Waals surface area contributed by atoms with Gasteiger partial charge in [-0.2, -0.15) is 0 Å². The molecule has 98 valence electrons. The molecule has 0 saturated carbocycles. The van der Waals surface area contributed by atoms with E-state index in [0.29, 0.717) is 0 Å². The first-order valence-corrected chi connectivity index (χ1v) is 8.04. The van der Waals surface area contributed by atoms with Crippen molar-refractivity contribution in [3.05, 3.63) is 47.4 Å². The van der Waals surface area contributed by atoms with Crippen LogP contribution in [-0.4, -0.2) is 20.2 Å². The van der Waals surface area contributed by atoms with Gasteiger partial charge >= 0.3 is 0 Å². The fourth-order valence-corrected chi connectivity index (χ4v) is 3.51. The molecule has 0 saturated heterocycles. The van der Waals surface area contributed by atoms with E-state index in [9.17, 15) is 8.42 Å². The molecule has 3 nitrogen and oxygen atoms in total. The van der Waals surface area contributed by atoms with E-state index in [4.69, 9.17) is 0 Å². The summed E-state index contributed by atoms with van der Waals surface area (Å²) < 4.78 is 22.8. The predicted molar refractivity (Wildman–Crippen MR) is 73.9 cm³/mol. The number of nitrogens with one attached hydrogen (secondary N) is 1. The molecule has 4 heteroatoms. The molecule has 0 aliphatic carbocycles. The molecule has 0 fully saturated rings. The summed E-state index contributed by atoms with van der Waals surface area (Å²) in [5.41, 5.74) is 1.22. The lowest BCUT2D eigenvalue weighted by Crippen LogP contribution is -2.33. The highest BCUT2D eigenvalue weighted by Crippen LogP contribution is 2.21. The van der Waals surface area contributed by atoms with E-state index in [2.05, 4.69) is 24.4 Å². The number of benzene rings is 1. The number of hydrogen-bond donors (Lipinski definition) is 1. The molecule has 1 aliphatic rings. The average molecular weight is 265 g/mol. The average Bonchev–Trinajstić information content (AvgIpc) is 2.69. The van der Waals surface area contributed by atoms with Crippen LogP contribution in [0.25, 0.3) is 0 Å². The third-order valence-corrected chi connectivity index (χ3v) is 4.52. The van der Waals surface area contributed by atoms with E-state index in [1.54, 1.807) is 6.08 Å². The molecule has 1 N–H and O–H groups in total. The lowest BCUT2D eigenvalue weighted by atomic mass is 10.0. The van der Waals surface area contributed by atoms with E-state index in [-0.39, 0.29) is 17.8 Å². The zero-order valence-electron chi connectivity index (χ0n) is 10.5. The maximum Gasteiger partial charge on any atom is 0.173 e. The second-order valence-corrected chi connectivity index (χ2v) is 6.61. The van der Waals surface area contributed by atoms with E-state index in [0.717, 1.165) is 12.8 Å². The fraction of sp³-hybridized carbons (Fsp3) is 0.429. The van der Waals surface area contributed by atoms with Gasteiger partial charge in [-0.1, -0.05) is 49.8 Å². The molecule has 2 atom stereocenters. The Balaban J connectivity index is 2.06. The van der Waals surface area contributed by atoms with Crippen molar-refractivity contribution in [1.82, 2.24) is 5.32 Å². The lowest BCUT2D eigenvalue weighted by Gasteiger charge is -2.21. The molecule has 18 heavy (non-hydrogen) atoms. The van der Waals surface area contributed by atoms with Crippen molar-refractivity contribution in [3.63, 3.8) is 0 Å². The summed E-state index contributed by atoms with van der Waals surface area (Å²) in [5, 5.41) is 4.74. The van der Waals surface area contributed by atoms with Crippen LogP contribution in [0.4, 0.5) is 0 Å². The van der Waals surface area contributed by atoms with Crippen LogP contribution >= 0.6 is 0 Å². The molecule has 0 bridgehead atoms. The van der Waals surface area contributed by atoms with Crippen molar-refractivity contribution >= 4 is 9.84 Å². The number of rotatable bonds is 5. The normalized spacial score (nSPS) is 23.1. The molecule has 1 heterocycles. The minimum atomic E-state index is -2.98. The largest absolute Gasteiger partial charge is 0.303 e. The van der Waals surface area contributed by atoms with Crippen LogP contribution in [0.3, 0.4) is 0 Å². The molecule has 0 radical (unpaired) electrons. The maximum absolute atomic E-state index is 11.4. The molecule has 1 aliphatic heterocycles. The molecular weight excluding hydrogens is 246 g/mol. The van der Waals surface area contributed by atoms with Crippen LogP contribution in [0, 0.1) is 0 Å². The topological polar surface area (TPSA) is 46.2 Å². The van der Waals surface area contributed by atoms with Crippen LogP contribution in [0.1, 0.15) is 31.4 Å². The van der Waals surface area contributed by atoms with Crippen LogP contribution in [0.15, 0.2) is 41.8 Å². The Kier molecular flexibility index (Phi) is 4.19. The highest BCUT2D eigenvalue weighted by molar-refractivity contribution is 7.94. The lowest BCUT2D eigenvalue weighted by molar-refractivity contribution is 0.471. The fourth-order valence-electron chi connectivity index (χ4n) is 2.26. The van der Waals surface area contributed by atoms with Gasteiger partial charge in [0.15, 0.2) is 9.84 Å². The number of sulfone groups is 1. The van der Waals surface area contributed by atoms with Gasteiger partial charge in [0.25, 0.3) is 0 Å². The molecule has 0 aromatic heterocycles. The summed E-state index contributed by atoms with van der Waals surface area (Å²) in [6.45, 7) is 2.14. The van der Waals surface area contributed by atoms with Crippen LogP contribution in [-0.2, 0) is 9.84 Å². The molecule has 1 aromatic carbocycles. The van der Waals surface area contributed by atoms with Gasteiger partial charge in [-0.05, 0) is 12.0 Å². The van der Waals surface area contributed by atoms with Crippen molar-refractivity contribution in [3.8, 4) is 0 Å². The molecule has 2 rings (SSSR count). The molecule has 2 unspecified atom stereocenters. The van der Waals surface area contributed by atoms with Crippen molar-refractivity contribution in [2.45, 2.75) is 31.8 Å². The van der Waals surface area contributed by atoms with Gasteiger partial charge in [-0.15, -0.1) is 0 Å². The van der Waals surface area contributed by atoms with E-state index < -0.39 is 9.84 Å². The standard InChI is InChI=1S/C14H19NO2S/c1-2-6-14(12-7-4-3-5-8-12)15-13-9-10-18(16,17)11-13/h3-5,7-10,13-15H,2,6,11H2,1H3. The summed E-state index contributed by atoms with van der Waals surface area (Å²) in [6.07, 6.45) is 3.82. The van der Waals surface area contributed by atoms with Crippen molar-refractivity contribution in [2.75, 3.05) is 5.75 Å². The summed E-state index contributed by atoms with van der Waals surface area (Å²) in [7, 11) is -2.98. The van der Waals surface area contributed by atoms with E-state index in [1.165, 1.54) is 11.0 Å². The monoisotopic (exact) mass is 265 g/mol. The van der Waals surface area contributed by atoms with Crippen LogP contribution in [0.5, 0.6) is 0 Å². The molecule has 1 aromatic rings. The van der Waals surface area contributed by atoms with Gasteiger partial charge in [0.05, 0.1) is 5.75 Å². The second-order valence-electron chi connectivity index (χ2n) is 4.68. The maximum atomic E-state index is 11.4. The van der Waals surface area contributed by atoms with Crippen LogP contribution in [0.2, 0.25) is 0 Å². The zero-order chi connectivity index (χ0) is 13.0. The summed E-state index contributed by atoms with van der Waals surface area (Å²) in [4.78, 5) is 0. The summed E-state index contributed by atoms with van der Waals surface area (Å²) >= 11 is 0. The molecule has 0 amide bonds. The quantitative estimate of drug-likeness (QED) is 0.889. The van der Waals surface area contributed by atoms with Gasteiger partial charge in [-0.3, -0.25) is 0 Å². The first-order valence-electron chi connectivity index (χ1n) is 6.32. The first kappa shape index (κ1) is 13.3. The Morgan fingerprint density at radius 1 is 1.33 bits per heavy atom. The third-order valence-electron chi connectivity index (χ3n) is 3.12. The van der Waals surface area contributed by atoms with Gasteiger partial charge < -0.3 is 5.32 Å². The summed E-state index contributed by atoms with van der Waals surface area (Å²) in [6, 6.07) is 10.3.